The molecule has 0 saturated carbocycles. The Hall–Kier alpha value is -2.60. The number of imide groups is 1. The van der Waals surface area contributed by atoms with Crippen molar-refractivity contribution in [2.24, 2.45) is 0 Å². The molecule has 0 aromatic heterocycles. The maximum absolute atomic E-state index is 12.4. The summed E-state index contributed by atoms with van der Waals surface area (Å²) in [5, 5.41) is 0. The number of ether oxygens (including phenoxy) is 1. The largest absolute Gasteiger partial charge is 0.459 e. The summed E-state index contributed by atoms with van der Waals surface area (Å²) in [7, 11) is 0. The molecule has 0 spiro atoms. The van der Waals surface area contributed by atoms with Crippen LogP contribution in [0.1, 0.15) is 33.2 Å². The molecule has 2 amide bonds. The number of thioether (sulfide) groups is 1. The van der Waals surface area contributed by atoms with E-state index in [0.717, 1.165) is 15.4 Å². The van der Waals surface area contributed by atoms with Gasteiger partial charge in [-0.2, -0.15) is 0 Å². The molecule has 6 heteroatoms. The van der Waals surface area contributed by atoms with E-state index >= 15 is 0 Å². The molecule has 25 heavy (non-hydrogen) atoms. The van der Waals surface area contributed by atoms with Crippen LogP contribution < -0.4 is 0 Å². The molecule has 1 heterocycles. The van der Waals surface area contributed by atoms with E-state index in [-0.39, 0.29) is 6.61 Å². The van der Waals surface area contributed by atoms with Gasteiger partial charge in [0, 0.05) is 4.90 Å². The first-order valence-corrected chi connectivity index (χ1v) is 9.02. The molecule has 0 unspecified atom stereocenters. The lowest BCUT2D eigenvalue weighted by Crippen LogP contribution is -2.43. The van der Waals surface area contributed by atoms with Crippen molar-refractivity contribution < 1.29 is 19.1 Å². The predicted octanol–water partition coefficient (Wildman–Crippen LogP) is 3.14. The number of carbonyl (C=O) groups excluding carboxylic acids is 3. The van der Waals surface area contributed by atoms with Crippen molar-refractivity contribution in [3.63, 3.8) is 0 Å². The minimum absolute atomic E-state index is 0.0982. The van der Waals surface area contributed by atoms with Gasteiger partial charge in [0.25, 0.3) is 11.8 Å². The molecule has 0 saturated heterocycles. The average molecular weight is 355 g/mol. The van der Waals surface area contributed by atoms with Crippen LogP contribution in [0.4, 0.5) is 0 Å². The SMILES string of the molecule is CSc1ccc(COC(=O)[C@H](C)N2C(=O)c3ccccc3C2=O)cc1. The third-order valence-corrected chi connectivity index (χ3v) is 4.84. The fourth-order valence-electron chi connectivity index (χ4n) is 2.66. The Morgan fingerprint density at radius 3 is 2.12 bits per heavy atom. The minimum atomic E-state index is -0.974. The van der Waals surface area contributed by atoms with Crippen molar-refractivity contribution in [3.05, 3.63) is 65.2 Å². The summed E-state index contributed by atoms with van der Waals surface area (Å²) < 4.78 is 5.28. The molecule has 0 aliphatic carbocycles. The van der Waals surface area contributed by atoms with Gasteiger partial charge in [0.2, 0.25) is 0 Å². The highest BCUT2D eigenvalue weighted by Gasteiger charge is 2.41. The van der Waals surface area contributed by atoms with Gasteiger partial charge in [0.15, 0.2) is 0 Å². The van der Waals surface area contributed by atoms with Crippen LogP contribution >= 0.6 is 11.8 Å². The quantitative estimate of drug-likeness (QED) is 0.468. The molecular weight excluding hydrogens is 338 g/mol. The van der Waals surface area contributed by atoms with Crippen LogP contribution in [0.25, 0.3) is 0 Å². The number of benzene rings is 2. The zero-order valence-electron chi connectivity index (χ0n) is 13.9. The summed E-state index contributed by atoms with van der Waals surface area (Å²) in [5.41, 5.74) is 1.49. The molecule has 5 nitrogen and oxygen atoms in total. The standard InChI is InChI=1S/C19H17NO4S/c1-12(19(23)24-11-13-7-9-14(25-2)10-8-13)20-17(21)15-5-3-4-6-16(15)18(20)22/h3-10,12H,11H2,1-2H3/t12-/m0/s1. The van der Waals surface area contributed by atoms with Crippen LogP contribution in [-0.2, 0) is 16.1 Å². The van der Waals surface area contributed by atoms with E-state index < -0.39 is 23.8 Å². The molecule has 1 atom stereocenters. The van der Waals surface area contributed by atoms with E-state index in [2.05, 4.69) is 0 Å². The first-order valence-electron chi connectivity index (χ1n) is 7.79. The number of fused-ring (bicyclic) bond motifs is 1. The molecule has 3 rings (SSSR count). The maximum Gasteiger partial charge on any atom is 0.329 e. The highest BCUT2D eigenvalue weighted by atomic mass is 32.2. The Bertz CT molecular complexity index is 797. The normalized spacial score (nSPS) is 14.4. The molecule has 0 fully saturated rings. The Balaban J connectivity index is 1.66. The Morgan fingerprint density at radius 1 is 1.04 bits per heavy atom. The van der Waals surface area contributed by atoms with Crippen LogP contribution in [0.2, 0.25) is 0 Å². The second-order valence-electron chi connectivity index (χ2n) is 5.66. The van der Waals surface area contributed by atoms with Gasteiger partial charge < -0.3 is 4.74 Å². The first kappa shape index (κ1) is 17.2. The van der Waals surface area contributed by atoms with Crippen LogP contribution in [0.15, 0.2) is 53.4 Å². The number of hydrogen-bond donors (Lipinski definition) is 0. The van der Waals surface area contributed by atoms with Crippen LogP contribution in [0.3, 0.4) is 0 Å². The molecule has 2 aromatic carbocycles. The third-order valence-electron chi connectivity index (χ3n) is 4.09. The third kappa shape index (κ3) is 3.30. The minimum Gasteiger partial charge on any atom is -0.459 e. The van der Waals surface area contributed by atoms with Crippen molar-refractivity contribution in [1.29, 1.82) is 0 Å². The van der Waals surface area contributed by atoms with Crippen LogP contribution in [-0.4, -0.2) is 35.0 Å². The van der Waals surface area contributed by atoms with Gasteiger partial charge in [-0.05, 0) is 43.0 Å². The molecule has 0 radical (unpaired) electrons. The summed E-state index contributed by atoms with van der Waals surface area (Å²) in [6, 6.07) is 13.2. The van der Waals surface area contributed by atoms with Crippen LogP contribution in [0, 0.1) is 0 Å². The summed E-state index contributed by atoms with van der Waals surface area (Å²) in [6.45, 7) is 1.60. The lowest BCUT2D eigenvalue weighted by molar-refractivity contribution is -0.149. The highest BCUT2D eigenvalue weighted by Crippen LogP contribution is 2.25. The fourth-order valence-corrected chi connectivity index (χ4v) is 3.07. The van der Waals surface area contributed by atoms with Crippen molar-refractivity contribution in [2.45, 2.75) is 24.5 Å². The van der Waals surface area contributed by atoms with Crippen LogP contribution in [0.5, 0.6) is 0 Å². The van der Waals surface area contributed by atoms with Gasteiger partial charge in [0.05, 0.1) is 11.1 Å². The highest BCUT2D eigenvalue weighted by molar-refractivity contribution is 7.98. The number of hydrogen-bond acceptors (Lipinski definition) is 5. The van der Waals surface area contributed by atoms with Gasteiger partial charge >= 0.3 is 5.97 Å². The summed E-state index contributed by atoms with van der Waals surface area (Å²) in [6.07, 6.45) is 1.98. The lowest BCUT2D eigenvalue weighted by Gasteiger charge is -2.20. The average Bonchev–Trinajstić information content (AvgIpc) is 2.90. The van der Waals surface area contributed by atoms with E-state index in [1.807, 2.05) is 30.5 Å². The van der Waals surface area contributed by atoms with Gasteiger partial charge in [-0.25, -0.2) is 4.79 Å². The lowest BCUT2D eigenvalue weighted by atomic mass is 10.1. The summed E-state index contributed by atoms with van der Waals surface area (Å²) in [5.74, 6) is -1.54. The first-order chi connectivity index (χ1) is 12.0. The predicted molar refractivity (Wildman–Crippen MR) is 94.4 cm³/mol. The summed E-state index contributed by atoms with van der Waals surface area (Å²) in [4.78, 5) is 39.2. The molecule has 1 aliphatic heterocycles. The molecule has 128 valence electrons. The van der Waals surface area contributed by atoms with Gasteiger partial charge in [-0.1, -0.05) is 24.3 Å². The Labute approximate surface area is 150 Å². The van der Waals surface area contributed by atoms with Crippen molar-refractivity contribution in [2.75, 3.05) is 6.26 Å². The second-order valence-corrected chi connectivity index (χ2v) is 6.54. The number of nitrogens with zero attached hydrogens (tertiary/aromatic N) is 1. The number of rotatable bonds is 5. The smallest absolute Gasteiger partial charge is 0.329 e. The van der Waals surface area contributed by atoms with Crippen molar-refractivity contribution in [1.82, 2.24) is 4.90 Å². The molecular formula is C19H17NO4S. The number of esters is 1. The molecule has 0 N–H and O–H groups in total. The van der Waals surface area contributed by atoms with E-state index in [4.69, 9.17) is 4.74 Å². The maximum atomic E-state index is 12.4. The van der Waals surface area contributed by atoms with Gasteiger partial charge in [-0.3, -0.25) is 14.5 Å². The molecule has 1 aliphatic rings. The van der Waals surface area contributed by atoms with E-state index in [9.17, 15) is 14.4 Å². The molecule has 0 bridgehead atoms. The van der Waals surface area contributed by atoms with Crippen molar-refractivity contribution >= 4 is 29.5 Å². The molecule has 2 aromatic rings. The van der Waals surface area contributed by atoms with Crippen molar-refractivity contribution in [3.8, 4) is 0 Å². The van der Waals surface area contributed by atoms with E-state index in [1.165, 1.54) is 6.92 Å². The Kier molecular flexibility index (Phi) is 4.90. The Morgan fingerprint density at radius 2 is 1.60 bits per heavy atom. The second kappa shape index (κ2) is 7.11. The topological polar surface area (TPSA) is 63.7 Å². The van der Waals surface area contributed by atoms with E-state index in [0.29, 0.717) is 11.1 Å². The number of carbonyl (C=O) groups is 3. The van der Waals surface area contributed by atoms with Gasteiger partial charge in [0.1, 0.15) is 12.6 Å². The summed E-state index contributed by atoms with van der Waals surface area (Å²) >= 11 is 1.63. The fraction of sp³-hybridized carbons (Fsp3) is 0.211. The zero-order chi connectivity index (χ0) is 18.0. The monoisotopic (exact) mass is 355 g/mol. The van der Waals surface area contributed by atoms with Gasteiger partial charge in [-0.15, -0.1) is 11.8 Å². The van der Waals surface area contributed by atoms with E-state index in [1.54, 1.807) is 36.0 Å². The zero-order valence-corrected chi connectivity index (χ0v) is 14.7. The number of amides is 2.